The molecule has 2 rings (SSSR count). The third-order valence-corrected chi connectivity index (χ3v) is 2.73. The fourth-order valence-corrected chi connectivity index (χ4v) is 1.71. The molecule has 0 heterocycles. The minimum Gasteiger partial charge on any atom is -0.506 e. The summed E-state index contributed by atoms with van der Waals surface area (Å²) >= 11 is 5.99. The lowest BCUT2D eigenvalue weighted by Gasteiger charge is -2.05. The van der Waals surface area contributed by atoms with E-state index in [-0.39, 0.29) is 5.75 Å². The van der Waals surface area contributed by atoms with Crippen LogP contribution in [0.1, 0.15) is 11.1 Å². The maximum absolute atomic E-state index is 9.45. The van der Waals surface area contributed by atoms with E-state index in [1.807, 2.05) is 36.4 Å². The van der Waals surface area contributed by atoms with Gasteiger partial charge in [-0.1, -0.05) is 54.1 Å². The van der Waals surface area contributed by atoms with E-state index in [9.17, 15) is 5.11 Å². The van der Waals surface area contributed by atoms with Crippen molar-refractivity contribution in [2.24, 2.45) is 0 Å². The second-order valence-electron chi connectivity index (χ2n) is 3.41. The molecule has 15 heavy (non-hydrogen) atoms. The van der Waals surface area contributed by atoms with Crippen molar-refractivity contribution in [2.45, 2.75) is 6.42 Å². The molecule has 1 N–H and O–H groups in total. The quantitative estimate of drug-likeness (QED) is 0.816. The van der Waals surface area contributed by atoms with Gasteiger partial charge in [0, 0.05) is 0 Å². The molecule has 2 aromatic rings. The monoisotopic (exact) mass is 218 g/mol. The number of phenolic OH excluding ortho intramolecular Hbond substituents is 1. The summed E-state index contributed by atoms with van der Waals surface area (Å²) in [5.41, 5.74) is 2.13. The van der Waals surface area contributed by atoms with Crippen LogP contribution in [-0.2, 0) is 6.42 Å². The van der Waals surface area contributed by atoms with E-state index >= 15 is 0 Å². The molecule has 2 heteroatoms. The van der Waals surface area contributed by atoms with Crippen LogP contribution in [0.3, 0.4) is 0 Å². The summed E-state index contributed by atoms with van der Waals surface area (Å²) in [5, 5.41) is 9.89. The minimum absolute atomic E-state index is 0.144. The number of benzene rings is 2. The van der Waals surface area contributed by atoms with Gasteiger partial charge in [0.2, 0.25) is 0 Å². The van der Waals surface area contributed by atoms with Crippen molar-refractivity contribution in [3.63, 3.8) is 0 Å². The highest BCUT2D eigenvalue weighted by Gasteiger charge is 2.04. The molecule has 0 aliphatic rings. The first-order valence-electron chi connectivity index (χ1n) is 4.77. The molecule has 0 bridgehead atoms. The third kappa shape index (κ3) is 2.31. The normalized spacial score (nSPS) is 10.2. The Balaban J connectivity index is 2.29. The zero-order valence-corrected chi connectivity index (χ0v) is 8.91. The van der Waals surface area contributed by atoms with Crippen LogP contribution in [0.5, 0.6) is 5.75 Å². The maximum atomic E-state index is 9.45. The van der Waals surface area contributed by atoms with E-state index in [0.717, 1.165) is 12.0 Å². The molecule has 0 fully saturated rings. The number of hydrogen-bond acceptors (Lipinski definition) is 1. The zero-order valence-electron chi connectivity index (χ0n) is 8.15. The van der Waals surface area contributed by atoms with Crippen molar-refractivity contribution < 1.29 is 5.11 Å². The van der Waals surface area contributed by atoms with Crippen molar-refractivity contribution in [3.8, 4) is 5.75 Å². The molecular weight excluding hydrogens is 208 g/mol. The molecule has 0 aliphatic carbocycles. The summed E-state index contributed by atoms with van der Waals surface area (Å²) in [5.74, 6) is 0.144. The Morgan fingerprint density at radius 1 is 0.933 bits per heavy atom. The van der Waals surface area contributed by atoms with Crippen LogP contribution in [0.15, 0.2) is 48.5 Å². The highest BCUT2D eigenvalue weighted by Crippen LogP contribution is 2.28. The van der Waals surface area contributed by atoms with Gasteiger partial charge in [-0.25, -0.2) is 0 Å². The van der Waals surface area contributed by atoms with Crippen LogP contribution in [-0.4, -0.2) is 5.11 Å². The van der Waals surface area contributed by atoms with Crippen molar-refractivity contribution in [1.82, 2.24) is 0 Å². The third-order valence-electron chi connectivity index (χ3n) is 2.30. The second-order valence-corrected chi connectivity index (χ2v) is 3.79. The van der Waals surface area contributed by atoms with Gasteiger partial charge in [0.15, 0.2) is 0 Å². The van der Waals surface area contributed by atoms with Crippen LogP contribution in [0.4, 0.5) is 0 Å². The molecule has 0 saturated carbocycles. The Bertz CT molecular complexity index is 451. The Hall–Kier alpha value is -1.47. The summed E-state index contributed by atoms with van der Waals surface area (Å²) in [4.78, 5) is 0. The first-order chi connectivity index (χ1) is 7.27. The fraction of sp³-hybridized carbons (Fsp3) is 0.0769. The van der Waals surface area contributed by atoms with Crippen LogP contribution in [0.25, 0.3) is 0 Å². The number of halogens is 1. The van der Waals surface area contributed by atoms with Crippen LogP contribution in [0.2, 0.25) is 5.02 Å². The Morgan fingerprint density at radius 2 is 1.67 bits per heavy atom. The van der Waals surface area contributed by atoms with Crippen molar-refractivity contribution in [2.75, 3.05) is 0 Å². The topological polar surface area (TPSA) is 20.2 Å². The number of rotatable bonds is 2. The summed E-state index contributed by atoms with van der Waals surface area (Å²) in [6.45, 7) is 0. The van der Waals surface area contributed by atoms with E-state index in [1.54, 1.807) is 12.1 Å². The lowest BCUT2D eigenvalue weighted by molar-refractivity contribution is 0.475. The molecule has 2 aromatic carbocycles. The van der Waals surface area contributed by atoms with Gasteiger partial charge in [0.25, 0.3) is 0 Å². The first kappa shape index (κ1) is 10.1. The maximum Gasteiger partial charge on any atom is 0.134 e. The fourth-order valence-electron chi connectivity index (χ4n) is 1.52. The average molecular weight is 219 g/mol. The molecule has 0 aliphatic heterocycles. The predicted molar refractivity (Wildman–Crippen MR) is 62.4 cm³/mol. The van der Waals surface area contributed by atoms with E-state index in [4.69, 9.17) is 11.6 Å². The smallest absolute Gasteiger partial charge is 0.134 e. The largest absolute Gasteiger partial charge is 0.506 e. The van der Waals surface area contributed by atoms with Gasteiger partial charge in [0.05, 0.1) is 5.02 Å². The van der Waals surface area contributed by atoms with Crippen molar-refractivity contribution in [1.29, 1.82) is 0 Å². The minimum atomic E-state index is 0.144. The molecule has 0 atom stereocenters. The van der Waals surface area contributed by atoms with E-state index in [2.05, 4.69) is 0 Å². The molecule has 0 saturated heterocycles. The molecular formula is C13H11ClO. The molecule has 76 valence electrons. The van der Waals surface area contributed by atoms with Gasteiger partial charge in [-0.15, -0.1) is 0 Å². The molecule has 0 amide bonds. The number of phenols is 1. The highest BCUT2D eigenvalue weighted by molar-refractivity contribution is 6.32. The Labute approximate surface area is 94.0 Å². The number of hydrogen-bond donors (Lipinski definition) is 1. The highest BCUT2D eigenvalue weighted by atomic mass is 35.5. The Morgan fingerprint density at radius 3 is 2.40 bits per heavy atom. The van der Waals surface area contributed by atoms with Crippen molar-refractivity contribution in [3.05, 3.63) is 64.7 Å². The molecule has 0 unspecified atom stereocenters. The van der Waals surface area contributed by atoms with E-state index < -0.39 is 0 Å². The summed E-state index contributed by atoms with van der Waals surface area (Å²) in [7, 11) is 0. The standard InChI is InChI=1S/C13H11ClO/c14-13-11(7-4-8-12(13)15)9-10-5-2-1-3-6-10/h1-8,15H,9H2. The van der Waals surface area contributed by atoms with Crippen LogP contribution in [0, 0.1) is 0 Å². The summed E-state index contributed by atoms with van der Waals surface area (Å²) in [6.07, 6.45) is 0.744. The Kier molecular flexibility index (Phi) is 2.93. The zero-order chi connectivity index (χ0) is 10.7. The average Bonchev–Trinajstić information content (AvgIpc) is 2.26. The molecule has 0 radical (unpaired) electrons. The number of aromatic hydroxyl groups is 1. The van der Waals surface area contributed by atoms with Gasteiger partial charge in [0.1, 0.15) is 5.75 Å². The van der Waals surface area contributed by atoms with Crippen molar-refractivity contribution >= 4 is 11.6 Å². The van der Waals surface area contributed by atoms with Gasteiger partial charge in [-0.05, 0) is 23.6 Å². The summed E-state index contributed by atoms with van der Waals surface area (Å²) in [6, 6.07) is 15.4. The predicted octanol–water partition coefficient (Wildman–Crippen LogP) is 3.64. The lowest BCUT2D eigenvalue weighted by Crippen LogP contribution is -1.88. The van der Waals surface area contributed by atoms with Crippen LogP contribution < -0.4 is 0 Å². The van der Waals surface area contributed by atoms with E-state index in [0.29, 0.717) is 5.02 Å². The lowest BCUT2D eigenvalue weighted by atomic mass is 10.0. The molecule has 0 spiro atoms. The van der Waals surface area contributed by atoms with E-state index in [1.165, 1.54) is 5.56 Å². The van der Waals surface area contributed by atoms with Gasteiger partial charge < -0.3 is 5.11 Å². The van der Waals surface area contributed by atoms with Gasteiger partial charge in [-0.2, -0.15) is 0 Å². The van der Waals surface area contributed by atoms with Gasteiger partial charge >= 0.3 is 0 Å². The molecule has 1 nitrogen and oxygen atoms in total. The first-order valence-corrected chi connectivity index (χ1v) is 5.15. The second kappa shape index (κ2) is 4.37. The SMILES string of the molecule is Oc1cccc(Cc2ccccc2)c1Cl. The molecule has 0 aromatic heterocycles. The summed E-state index contributed by atoms with van der Waals surface area (Å²) < 4.78 is 0. The van der Waals surface area contributed by atoms with Gasteiger partial charge in [-0.3, -0.25) is 0 Å². The van der Waals surface area contributed by atoms with Crippen LogP contribution >= 0.6 is 11.6 Å².